The number of halogens is 1. The summed E-state index contributed by atoms with van der Waals surface area (Å²) in [5.74, 6) is 1.75. The highest BCUT2D eigenvalue weighted by molar-refractivity contribution is 9.10. The number of ether oxygens (including phenoxy) is 1. The van der Waals surface area contributed by atoms with Gasteiger partial charge >= 0.3 is 0 Å². The van der Waals surface area contributed by atoms with Crippen LogP contribution in [0.1, 0.15) is 25.7 Å². The summed E-state index contributed by atoms with van der Waals surface area (Å²) in [5, 5.41) is 3.32. The summed E-state index contributed by atoms with van der Waals surface area (Å²) < 4.78 is 5.91. The average Bonchev–Trinajstić information content (AvgIpc) is 2.91. The molecule has 1 fully saturated rings. The van der Waals surface area contributed by atoms with Gasteiger partial charge in [0.05, 0.1) is 17.8 Å². The predicted octanol–water partition coefficient (Wildman–Crippen LogP) is 2.18. The Morgan fingerprint density at radius 3 is 2.89 bits per heavy atom. The van der Waals surface area contributed by atoms with Gasteiger partial charge < -0.3 is 15.8 Å². The van der Waals surface area contributed by atoms with E-state index in [2.05, 4.69) is 31.2 Å². The highest BCUT2D eigenvalue weighted by Gasteiger charge is 2.24. The minimum absolute atomic E-state index is 0.249. The fourth-order valence-electron chi connectivity index (χ4n) is 2.46. The van der Waals surface area contributed by atoms with Gasteiger partial charge in [-0.25, -0.2) is 4.98 Å². The van der Waals surface area contributed by atoms with Crippen molar-refractivity contribution in [3.05, 3.63) is 10.7 Å². The maximum Gasteiger partial charge on any atom is 0.232 e. The van der Waals surface area contributed by atoms with E-state index in [1.165, 1.54) is 25.7 Å². The summed E-state index contributed by atoms with van der Waals surface area (Å²) in [5.41, 5.74) is 5.84. The first kappa shape index (κ1) is 13.5. The van der Waals surface area contributed by atoms with Crippen LogP contribution in [0.25, 0.3) is 0 Å². The van der Waals surface area contributed by atoms with Crippen LogP contribution in [0, 0.1) is 5.92 Å². The van der Waals surface area contributed by atoms with E-state index in [4.69, 9.17) is 10.5 Å². The number of aromatic nitrogens is 2. The SMILES string of the molecule is COc1nc(NC(CN)C2CCCC2)ncc1Br. The van der Waals surface area contributed by atoms with Gasteiger partial charge in [0.1, 0.15) is 0 Å². The number of hydrogen-bond donors (Lipinski definition) is 2. The lowest BCUT2D eigenvalue weighted by Crippen LogP contribution is -2.35. The molecule has 0 saturated heterocycles. The van der Waals surface area contributed by atoms with Crippen molar-refractivity contribution in [3.8, 4) is 5.88 Å². The van der Waals surface area contributed by atoms with Crippen molar-refractivity contribution in [3.63, 3.8) is 0 Å². The van der Waals surface area contributed by atoms with E-state index in [0.717, 1.165) is 4.47 Å². The summed E-state index contributed by atoms with van der Waals surface area (Å²) in [6.45, 7) is 0.604. The van der Waals surface area contributed by atoms with E-state index in [0.29, 0.717) is 24.3 Å². The van der Waals surface area contributed by atoms with Gasteiger partial charge in [-0.2, -0.15) is 4.98 Å². The fourth-order valence-corrected chi connectivity index (χ4v) is 2.81. The first-order valence-corrected chi connectivity index (χ1v) is 7.07. The van der Waals surface area contributed by atoms with Gasteiger partial charge in [0.2, 0.25) is 11.8 Å². The second-order valence-electron chi connectivity index (χ2n) is 4.58. The Bertz CT molecular complexity index is 396. The van der Waals surface area contributed by atoms with Crippen LogP contribution < -0.4 is 15.8 Å². The summed E-state index contributed by atoms with van der Waals surface area (Å²) in [4.78, 5) is 8.54. The Labute approximate surface area is 116 Å². The molecule has 0 spiro atoms. The highest BCUT2D eigenvalue weighted by atomic mass is 79.9. The van der Waals surface area contributed by atoms with Crippen LogP contribution in [-0.2, 0) is 0 Å². The lowest BCUT2D eigenvalue weighted by Gasteiger charge is -2.23. The Hall–Kier alpha value is -0.880. The molecule has 1 aromatic rings. The van der Waals surface area contributed by atoms with Crippen molar-refractivity contribution in [2.45, 2.75) is 31.7 Å². The molecule has 2 rings (SSSR count). The third kappa shape index (κ3) is 3.11. The number of hydrogen-bond acceptors (Lipinski definition) is 5. The van der Waals surface area contributed by atoms with Crippen molar-refractivity contribution < 1.29 is 4.74 Å². The minimum atomic E-state index is 0.249. The third-order valence-electron chi connectivity index (χ3n) is 3.44. The van der Waals surface area contributed by atoms with Gasteiger partial charge in [0.15, 0.2) is 0 Å². The molecule has 1 aromatic heterocycles. The zero-order chi connectivity index (χ0) is 13.0. The van der Waals surface area contributed by atoms with E-state index in [9.17, 15) is 0 Å². The van der Waals surface area contributed by atoms with Crippen LogP contribution in [0.4, 0.5) is 5.95 Å². The standard InChI is InChI=1S/C12H19BrN4O/c1-18-11-9(13)7-15-12(17-11)16-10(6-14)8-4-2-3-5-8/h7-8,10H,2-6,14H2,1H3,(H,15,16,17). The third-order valence-corrected chi connectivity index (χ3v) is 3.99. The molecule has 1 aliphatic carbocycles. The van der Waals surface area contributed by atoms with Crippen molar-refractivity contribution in [2.24, 2.45) is 11.7 Å². The molecule has 100 valence electrons. The molecule has 18 heavy (non-hydrogen) atoms. The molecule has 1 unspecified atom stereocenters. The molecule has 1 saturated carbocycles. The van der Waals surface area contributed by atoms with Gasteiger partial charge in [0, 0.05) is 12.6 Å². The molecule has 5 nitrogen and oxygen atoms in total. The number of nitrogens with zero attached hydrogens (tertiary/aromatic N) is 2. The fraction of sp³-hybridized carbons (Fsp3) is 0.667. The van der Waals surface area contributed by atoms with Crippen LogP contribution in [0.15, 0.2) is 10.7 Å². The van der Waals surface area contributed by atoms with Crippen molar-refractivity contribution in [2.75, 3.05) is 19.0 Å². The molecule has 6 heteroatoms. The van der Waals surface area contributed by atoms with Gasteiger partial charge in [-0.3, -0.25) is 0 Å². The van der Waals surface area contributed by atoms with E-state index in [-0.39, 0.29) is 6.04 Å². The monoisotopic (exact) mass is 314 g/mol. The molecule has 1 heterocycles. The average molecular weight is 315 g/mol. The van der Waals surface area contributed by atoms with Crippen LogP contribution in [0.5, 0.6) is 5.88 Å². The van der Waals surface area contributed by atoms with Crippen LogP contribution in [-0.4, -0.2) is 29.7 Å². The topological polar surface area (TPSA) is 73.1 Å². The summed E-state index contributed by atoms with van der Waals surface area (Å²) in [7, 11) is 1.59. The molecule has 0 aliphatic heterocycles. The number of anilines is 1. The lowest BCUT2D eigenvalue weighted by atomic mass is 9.98. The van der Waals surface area contributed by atoms with E-state index in [1.807, 2.05) is 0 Å². The largest absolute Gasteiger partial charge is 0.480 e. The molecule has 1 aliphatic rings. The Morgan fingerprint density at radius 2 is 2.28 bits per heavy atom. The number of rotatable bonds is 5. The van der Waals surface area contributed by atoms with Crippen LogP contribution in [0.3, 0.4) is 0 Å². The van der Waals surface area contributed by atoms with Crippen molar-refractivity contribution in [1.82, 2.24) is 9.97 Å². The first-order valence-electron chi connectivity index (χ1n) is 6.27. The second-order valence-corrected chi connectivity index (χ2v) is 5.44. The maximum atomic E-state index is 5.84. The summed E-state index contributed by atoms with van der Waals surface area (Å²) >= 11 is 3.34. The molecular formula is C12H19BrN4O. The molecule has 3 N–H and O–H groups in total. The number of nitrogens with two attached hydrogens (primary N) is 1. The number of nitrogens with one attached hydrogen (secondary N) is 1. The van der Waals surface area contributed by atoms with E-state index < -0.39 is 0 Å². The molecule has 0 bridgehead atoms. The summed E-state index contributed by atoms with van der Waals surface area (Å²) in [6.07, 6.45) is 6.77. The van der Waals surface area contributed by atoms with Gasteiger partial charge in [0.25, 0.3) is 0 Å². The molecule has 0 amide bonds. The van der Waals surface area contributed by atoms with Gasteiger partial charge in [-0.05, 0) is 34.7 Å². The Kier molecular flexibility index (Phi) is 4.77. The normalized spacial score (nSPS) is 17.7. The zero-order valence-electron chi connectivity index (χ0n) is 10.5. The first-order chi connectivity index (χ1) is 8.74. The maximum absolute atomic E-state index is 5.84. The van der Waals surface area contributed by atoms with Crippen molar-refractivity contribution >= 4 is 21.9 Å². The van der Waals surface area contributed by atoms with E-state index >= 15 is 0 Å². The van der Waals surface area contributed by atoms with Gasteiger partial charge in [-0.1, -0.05) is 12.8 Å². The highest BCUT2D eigenvalue weighted by Crippen LogP contribution is 2.29. The molecule has 0 aromatic carbocycles. The summed E-state index contributed by atoms with van der Waals surface area (Å²) in [6, 6.07) is 0.249. The Morgan fingerprint density at radius 1 is 1.56 bits per heavy atom. The van der Waals surface area contributed by atoms with Crippen molar-refractivity contribution in [1.29, 1.82) is 0 Å². The van der Waals surface area contributed by atoms with Crippen LogP contribution >= 0.6 is 15.9 Å². The minimum Gasteiger partial charge on any atom is -0.480 e. The molecular weight excluding hydrogens is 296 g/mol. The predicted molar refractivity (Wildman–Crippen MR) is 74.7 cm³/mol. The molecule has 1 atom stereocenters. The lowest BCUT2D eigenvalue weighted by molar-refractivity contribution is 0.393. The van der Waals surface area contributed by atoms with E-state index in [1.54, 1.807) is 13.3 Å². The quantitative estimate of drug-likeness (QED) is 0.871. The van der Waals surface area contributed by atoms with Gasteiger partial charge in [-0.15, -0.1) is 0 Å². The van der Waals surface area contributed by atoms with Crippen LogP contribution in [0.2, 0.25) is 0 Å². The second kappa shape index (κ2) is 6.33. The zero-order valence-corrected chi connectivity index (χ0v) is 12.1. The Balaban J connectivity index is 2.06. The smallest absolute Gasteiger partial charge is 0.232 e. The molecule has 0 radical (unpaired) electrons. The number of methoxy groups -OCH3 is 1.